The van der Waals surface area contributed by atoms with Gasteiger partial charge in [0.15, 0.2) is 5.56 Å². The normalized spacial score (nSPS) is 10.4. The number of benzene rings is 2. The summed E-state index contributed by atoms with van der Waals surface area (Å²) < 4.78 is 7.37. The van der Waals surface area contributed by atoms with E-state index in [1.807, 2.05) is 62.4 Å². The Balaban J connectivity index is 1.82. The molecule has 0 unspecified atom stereocenters. The van der Waals surface area contributed by atoms with Crippen LogP contribution in [0, 0.1) is 25.2 Å². The zero-order valence-corrected chi connectivity index (χ0v) is 14.4. The number of aryl methyl sites for hydroxylation is 2. The Morgan fingerprint density at radius 1 is 1.12 bits per heavy atom. The fraction of sp³-hybridized carbons (Fsp3) is 0.200. The number of aromatic nitrogens is 2. The molecule has 0 fully saturated rings. The van der Waals surface area contributed by atoms with Crippen molar-refractivity contribution in [2.24, 2.45) is 0 Å². The Hall–Kier alpha value is -3.26. The lowest BCUT2D eigenvalue weighted by Gasteiger charge is -2.07. The Labute approximate surface area is 147 Å². The minimum Gasteiger partial charge on any atom is -0.471 e. The predicted octanol–water partition coefficient (Wildman–Crippen LogP) is 3.58. The molecule has 5 heteroatoms. The van der Waals surface area contributed by atoms with E-state index in [0.717, 1.165) is 16.7 Å². The summed E-state index contributed by atoms with van der Waals surface area (Å²) in [5, 5.41) is 13.8. The lowest BCUT2D eigenvalue weighted by Crippen LogP contribution is -2.07. The van der Waals surface area contributed by atoms with E-state index in [0.29, 0.717) is 19.0 Å². The molecule has 3 rings (SSSR count). The third kappa shape index (κ3) is 3.64. The first-order valence-corrected chi connectivity index (χ1v) is 8.07. The molecule has 2 N–H and O–H groups in total. The molecule has 5 nitrogen and oxygen atoms in total. The molecule has 0 saturated heterocycles. The molecular weight excluding hydrogens is 312 g/mol. The Kier molecular flexibility index (Phi) is 4.71. The fourth-order valence-electron chi connectivity index (χ4n) is 2.56. The van der Waals surface area contributed by atoms with Gasteiger partial charge in [0.05, 0.1) is 6.54 Å². The van der Waals surface area contributed by atoms with Crippen LogP contribution >= 0.6 is 0 Å². The highest BCUT2D eigenvalue weighted by molar-refractivity contribution is 5.55. The van der Waals surface area contributed by atoms with Crippen LogP contribution in [0.5, 0.6) is 5.88 Å². The number of rotatable bonds is 5. The summed E-state index contributed by atoms with van der Waals surface area (Å²) in [6.45, 7) is 4.91. The molecule has 0 saturated carbocycles. The molecular formula is C20H20N4O. The van der Waals surface area contributed by atoms with Gasteiger partial charge in [-0.1, -0.05) is 54.1 Å². The highest BCUT2D eigenvalue weighted by Gasteiger charge is 2.17. The third-order valence-electron chi connectivity index (χ3n) is 4.15. The Morgan fingerprint density at radius 3 is 2.52 bits per heavy atom. The van der Waals surface area contributed by atoms with Crippen molar-refractivity contribution in [2.45, 2.75) is 27.0 Å². The molecule has 0 aliphatic carbocycles. The number of nitrogen functional groups attached to an aromatic ring is 1. The predicted molar refractivity (Wildman–Crippen MR) is 97.1 cm³/mol. The van der Waals surface area contributed by atoms with Crippen molar-refractivity contribution < 1.29 is 4.74 Å². The van der Waals surface area contributed by atoms with Gasteiger partial charge < -0.3 is 10.5 Å². The van der Waals surface area contributed by atoms with Crippen molar-refractivity contribution in [3.05, 3.63) is 76.3 Å². The van der Waals surface area contributed by atoms with E-state index < -0.39 is 0 Å². The molecule has 0 aliphatic rings. The fourth-order valence-corrected chi connectivity index (χ4v) is 2.56. The lowest BCUT2D eigenvalue weighted by molar-refractivity contribution is 0.289. The average Bonchev–Trinajstić information content (AvgIpc) is 2.91. The highest BCUT2D eigenvalue weighted by atomic mass is 16.5. The quantitative estimate of drug-likeness (QED) is 0.774. The maximum Gasteiger partial charge on any atom is 0.253 e. The average molecular weight is 332 g/mol. The number of hydrogen-bond donors (Lipinski definition) is 1. The van der Waals surface area contributed by atoms with Crippen LogP contribution in [0.25, 0.3) is 0 Å². The number of nitrogens with two attached hydrogens (primary N) is 1. The molecule has 0 aliphatic heterocycles. The Bertz CT molecular complexity index is 920. The van der Waals surface area contributed by atoms with E-state index in [4.69, 9.17) is 10.5 Å². The second kappa shape index (κ2) is 7.10. The third-order valence-corrected chi connectivity index (χ3v) is 4.15. The summed E-state index contributed by atoms with van der Waals surface area (Å²) in [7, 11) is 0. The van der Waals surface area contributed by atoms with Gasteiger partial charge in [-0.3, -0.25) is 0 Å². The number of ether oxygens (including phenoxy) is 1. The molecule has 1 heterocycles. The summed E-state index contributed by atoms with van der Waals surface area (Å²) in [6.07, 6.45) is 0. The topological polar surface area (TPSA) is 76.9 Å². The zero-order valence-electron chi connectivity index (χ0n) is 14.4. The molecule has 0 radical (unpaired) electrons. The molecule has 0 bridgehead atoms. The summed E-state index contributed by atoms with van der Waals surface area (Å²) in [4.78, 5) is 0. The van der Waals surface area contributed by atoms with Crippen molar-refractivity contribution in [1.29, 1.82) is 5.26 Å². The van der Waals surface area contributed by atoms with Crippen molar-refractivity contribution in [3.63, 3.8) is 0 Å². The van der Waals surface area contributed by atoms with Gasteiger partial charge in [-0.2, -0.15) is 5.26 Å². The van der Waals surface area contributed by atoms with Crippen LogP contribution in [0.15, 0.2) is 48.5 Å². The lowest BCUT2D eigenvalue weighted by atomic mass is 10.1. The number of nitrogens with zero attached hydrogens (tertiary/aromatic N) is 3. The first-order chi connectivity index (χ1) is 12.1. The van der Waals surface area contributed by atoms with Crippen molar-refractivity contribution >= 4 is 5.82 Å². The molecule has 126 valence electrons. The van der Waals surface area contributed by atoms with Gasteiger partial charge in [0.1, 0.15) is 18.5 Å². The van der Waals surface area contributed by atoms with E-state index in [1.54, 1.807) is 4.68 Å². The van der Waals surface area contributed by atoms with E-state index in [-0.39, 0.29) is 11.4 Å². The van der Waals surface area contributed by atoms with Gasteiger partial charge in [-0.25, -0.2) is 4.68 Å². The Morgan fingerprint density at radius 2 is 1.84 bits per heavy atom. The number of anilines is 1. The summed E-state index contributed by atoms with van der Waals surface area (Å²) in [5.41, 5.74) is 10.8. The summed E-state index contributed by atoms with van der Waals surface area (Å²) in [5.74, 6) is 0.596. The molecule has 0 amide bonds. The van der Waals surface area contributed by atoms with Crippen LogP contribution in [0.3, 0.4) is 0 Å². The second-order valence-electron chi connectivity index (χ2n) is 6.04. The minimum absolute atomic E-state index is 0.272. The van der Waals surface area contributed by atoms with E-state index in [1.165, 1.54) is 5.56 Å². The first kappa shape index (κ1) is 16.6. The van der Waals surface area contributed by atoms with Gasteiger partial charge in [0, 0.05) is 0 Å². The van der Waals surface area contributed by atoms with Crippen LogP contribution in [-0.2, 0) is 13.2 Å². The molecule has 3 aromatic rings. The van der Waals surface area contributed by atoms with Crippen LogP contribution in [0.1, 0.15) is 27.8 Å². The molecule has 0 spiro atoms. The van der Waals surface area contributed by atoms with Gasteiger partial charge in [-0.05, 0) is 30.5 Å². The highest BCUT2D eigenvalue weighted by Crippen LogP contribution is 2.25. The number of nitriles is 1. The van der Waals surface area contributed by atoms with E-state index >= 15 is 0 Å². The summed E-state index contributed by atoms with van der Waals surface area (Å²) in [6, 6.07) is 18.2. The van der Waals surface area contributed by atoms with Crippen LogP contribution in [0.2, 0.25) is 0 Å². The maximum atomic E-state index is 9.40. The van der Waals surface area contributed by atoms with Crippen LogP contribution in [0.4, 0.5) is 5.82 Å². The van der Waals surface area contributed by atoms with Gasteiger partial charge in [0.2, 0.25) is 0 Å². The molecule has 2 aromatic carbocycles. The van der Waals surface area contributed by atoms with Crippen LogP contribution < -0.4 is 10.5 Å². The summed E-state index contributed by atoms with van der Waals surface area (Å²) >= 11 is 0. The maximum absolute atomic E-state index is 9.40. The largest absolute Gasteiger partial charge is 0.471 e. The SMILES string of the molecule is Cc1ccc(COc2nn(Cc3ccccc3C)c(N)c2C#N)cc1. The van der Waals surface area contributed by atoms with E-state index in [9.17, 15) is 5.26 Å². The van der Waals surface area contributed by atoms with Gasteiger partial charge in [-0.15, -0.1) is 5.10 Å². The van der Waals surface area contributed by atoms with Gasteiger partial charge >= 0.3 is 0 Å². The minimum atomic E-state index is 0.272. The monoisotopic (exact) mass is 332 g/mol. The smallest absolute Gasteiger partial charge is 0.253 e. The van der Waals surface area contributed by atoms with Crippen molar-refractivity contribution in [1.82, 2.24) is 9.78 Å². The zero-order chi connectivity index (χ0) is 17.8. The standard InChI is InChI=1S/C20H20N4O/c1-14-7-9-16(10-8-14)13-25-20-18(11-21)19(22)24(23-20)12-17-6-4-3-5-15(17)2/h3-10H,12-13,22H2,1-2H3. The molecule has 0 atom stereocenters. The molecule has 25 heavy (non-hydrogen) atoms. The number of hydrogen-bond acceptors (Lipinski definition) is 4. The van der Waals surface area contributed by atoms with Crippen LogP contribution in [-0.4, -0.2) is 9.78 Å². The van der Waals surface area contributed by atoms with Gasteiger partial charge in [0.25, 0.3) is 5.88 Å². The van der Waals surface area contributed by atoms with Crippen molar-refractivity contribution in [3.8, 4) is 11.9 Å². The first-order valence-electron chi connectivity index (χ1n) is 8.07. The molecule has 1 aromatic heterocycles. The second-order valence-corrected chi connectivity index (χ2v) is 6.04. The van der Waals surface area contributed by atoms with E-state index in [2.05, 4.69) is 11.2 Å². The van der Waals surface area contributed by atoms with Crippen molar-refractivity contribution in [2.75, 3.05) is 5.73 Å².